The SMILES string of the molecule is COCOC1(C(=O)OC(C)(C)C)CCN(C(=O)OC(C)(C)C)CC1. The number of hydrogen-bond acceptors (Lipinski definition) is 6. The Balaban J connectivity index is 2.77. The average molecular weight is 345 g/mol. The van der Waals surface area contributed by atoms with Crippen LogP contribution in [0.2, 0.25) is 0 Å². The maximum absolute atomic E-state index is 12.6. The zero-order valence-corrected chi connectivity index (χ0v) is 15.9. The molecule has 0 aromatic carbocycles. The van der Waals surface area contributed by atoms with E-state index in [9.17, 15) is 9.59 Å². The van der Waals surface area contributed by atoms with Crippen molar-refractivity contribution in [2.75, 3.05) is 27.0 Å². The van der Waals surface area contributed by atoms with Gasteiger partial charge in [0, 0.05) is 33.0 Å². The third-order valence-electron chi connectivity index (χ3n) is 3.45. The smallest absolute Gasteiger partial charge is 0.410 e. The molecular weight excluding hydrogens is 314 g/mol. The summed E-state index contributed by atoms with van der Waals surface area (Å²) in [5.74, 6) is -0.420. The molecule has 0 unspecified atom stereocenters. The molecule has 0 aliphatic carbocycles. The molecule has 1 saturated heterocycles. The number of likely N-dealkylation sites (tertiary alicyclic amines) is 1. The zero-order chi connectivity index (χ0) is 18.6. The van der Waals surface area contributed by atoms with Crippen molar-refractivity contribution < 1.29 is 28.5 Å². The lowest BCUT2D eigenvalue weighted by molar-refractivity contribution is -0.204. The third kappa shape index (κ3) is 6.28. The fourth-order valence-electron chi connectivity index (χ4n) is 2.33. The number of nitrogens with zero attached hydrogens (tertiary/aromatic N) is 1. The number of rotatable bonds is 4. The summed E-state index contributed by atoms with van der Waals surface area (Å²) in [6.07, 6.45) is 0.293. The van der Waals surface area contributed by atoms with E-state index in [-0.39, 0.29) is 12.9 Å². The van der Waals surface area contributed by atoms with Gasteiger partial charge in [-0.15, -0.1) is 0 Å². The molecule has 7 nitrogen and oxygen atoms in total. The Labute approximate surface area is 144 Å². The van der Waals surface area contributed by atoms with Crippen molar-refractivity contribution in [1.29, 1.82) is 0 Å². The predicted octanol–water partition coefficient (Wildman–Crippen LogP) is 2.72. The van der Waals surface area contributed by atoms with Gasteiger partial charge in [-0.25, -0.2) is 9.59 Å². The molecule has 0 atom stereocenters. The van der Waals surface area contributed by atoms with Crippen LogP contribution < -0.4 is 0 Å². The van der Waals surface area contributed by atoms with Gasteiger partial charge in [0.25, 0.3) is 0 Å². The minimum Gasteiger partial charge on any atom is -0.458 e. The monoisotopic (exact) mass is 345 g/mol. The summed E-state index contributed by atoms with van der Waals surface area (Å²) in [7, 11) is 1.50. The Hall–Kier alpha value is -1.34. The molecule has 140 valence electrons. The molecule has 1 heterocycles. The Morgan fingerprint density at radius 1 is 0.958 bits per heavy atom. The minimum absolute atomic E-state index is 0.00825. The molecule has 0 saturated carbocycles. The van der Waals surface area contributed by atoms with Gasteiger partial charge in [-0.3, -0.25) is 0 Å². The second kappa shape index (κ2) is 7.70. The van der Waals surface area contributed by atoms with Gasteiger partial charge in [0.2, 0.25) is 0 Å². The second-order valence-electron chi connectivity index (χ2n) is 8.01. The summed E-state index contributed by atoms with van der Waals surface area (Å²) in [6.45, 7) is 11.6. The number of ether oxygens (including phenoxy) is 4. The van der Waals surface area contributed by atoms with Crippen LogP contribution in [0.4, 0.5) is 4.79 Å². The van der Waals surface area contributed by atoms with E-state index in [1.807, 2.05) is 41.5 Å². The molecule has 1 fully saturated rings. The van der Waals surface area contributed by atoms with Gasteiger partial charge in [0.15, 0.2) is 5.60 Å². The van der Waals surface area contributed by atoms with Crippen molar-refractivity contribution in [3.63, 3.8) is 0 Å². The normalized spacial score (nSPS) is 18.2. The average Bonchev–Trinajstić information content (AvgIpc) is 2.42. The van der Waals surface area contributed by atoms with Crippen LogP contribution in [0.15, 0.2) is 0 Å². The van der Waals surface area contributed by atoms with Gasteiger partial charge in [-0.2, -0.15) is 0 Å². The molecule has 1 aliphatic heterocycles. The van der Waals surface area contributed by atoms with Crippen LogP contribution >= 0.6 is 0 Å². The molecule has 1 rings (SSSR count). The highest BCUT2D eigenvalue weighted by atomic mass is 16.7. The number of piperidine rings is 1. The van der Waals surface area contributed by atoms with Gasteiger partial charge in [-0.1, -0.05) is 0 Å². The number of carbonyl (C=O) groups excluding carboxylic acids is 2. The quantitative estimate of drug-likeness (QED) is 0.576. The van der Waals surface area contributed by atoms with E-state index >= 15 is 0 Å². The van der Waals surface area contributed by atoms with E-state index in [2.05, 4.69) is 0 Å². The van der Waals surface area contributed by atoms with E-state index in [0.29, 0.717) is 25.9 Å². The summed E-state index contributed by atoms with van der Waals surface area (Å²) in [6, 6.07) is 0. The van der Waals surface area contributed by atoms with Gasteiger partial charge in [0.05, 0.1) is 0 Å². The molecule has 0 radical (unpaired) electrons. The molecule has 0 bridgehead atoms. The van der Waals surface area contributed by atoms with E-state index in [1.54, 1.807) is 4.90 Å². The molecule has 0 aromatic rings. The van der Waals surface area contributed by atoms with Gasteiger partial charge in [0.1, 0.15) is 18.0 Å². The number of carbonyl (C=O) groups is 2. The first-order chi connectivity index (χ1) is 10.9. The summed E-state index contributed by atoms with van der Waals surface area (Å²) in [5.41, 5.74) is -2.26. The first-order valence-electron chi connectivity index (χ1n) is 8.23. The highest BCUT2D eigenvalue weighted by Crippen LogP contribution is 2.30. The molecule has 0 spiro atoms. The van der Waals surface area contributed by atoms with E-state index in [4.69, 9.17) is 18.9 Å². The molecule has 0 aromatic heterocycles. The lowest BCUT2D eigenvalue weighted by Crippen LogP contribution is -2.55. The Morgan fingerprint density at radius 2 is 1.46 bits per heavy atom. The standard InChI is InChI=1S/C17H31NO6/c1-15(2,3)23-13(19)17(22-12-21-7)8-10-18(11-9-17)14(20)24-16(4,5)6/h8-12H2,1-7H3. The second-order valence-corrected chi connectivity index (χ2v) is 8.01. The van der Waals surface area contributed by atoms with Crippen LogP contribution in [0.1, 0.15) is 54.4 Å². The number of esters is 1. The van der Waals surface area contributed by atoms with Crippen LogP contribution in [0.3, 0.4) is 0 Å². The Bertz CT molecular complexity index is 441. The van der Waals surface area contributed by atoms with Crippen molar-refractivity contribution in [1.82, 2.24) is 4.90 Å². The van der Waals surface area contributed by atoms with Crippen molar-refractivity contribution in [3.8, 4) is 0 Å². The Morgan fingerprint density at radius 3 is 1.88 bits per heavy atom. The van der Waals surface area contributed by atoms with Gasteiger partial charge >= 0.3 is 12.1 Å². The van der Waals surface area contributed by atoms with Gasteiger partial charge < -0.3 is 23.8 Å². The molecule has 7 heteroatoms. The lowest BCUT2D eigenvalue weighted by Gasteiger charge is -2.40. The highest BCUT2D eigenvalue weighted by Gasteiger charge is 2.46. The maximum Gasteiger partial charge on any atom is 0.410 e. The number of methoxy groups -OCH3 is 1. The van der Waals surface area contributed by atoms with Crippen LogP contribution in [-0.4, -0.2) is 60.8 Å². The molecular formula is C17H31NO6. The summed E-state index contributed by atoms with van der Waals surface area (Å²) in [4.78, 5) is 26.4. The first-order valence-corrected chi connectivity index (χ1v) is 8.23. The Kier molecular flexibility index (Phi) is 6.64. The fourth-order valence-corrected chi connectivity index (χ4v) is 2.33. The molecule has 1 aliphatic rings. The van der Waals surface area contributed by atoms with E-state index in [0.717, 1.165) is 0 Å². The van der Waals surface area contributed by atoms with E-state index < -0.39 is 22.8 Å². The molecule has 1 amide bonds. The zero-order valence-electron chi connectivity index (χ0n) is 15.9. The summed E-state index contributed by atoms with van der Waals surface area (Å²) >= 11 is 0. The van der Waals surface area contributed by atoms with E-state index in [1.165, 1.54) is 7.11 Å². The minimum atomic E-state index is -1.10. The maximum atomic E-state index is 12.6. The summed E-state index contributed by atoms with van der Waals surface area (Å²) < 4.78 is 21.5. The van der Waals surface area contributed by atoms with Crippen LogP contribution in [0, 0.1) is 0 Å². The number of amides is 1. The van der Waals surface area contributed by atoms with Crippen LogP contribution in [-0.2, 0) is 23.7 Å². The van der Waals surface area contributed by atoms with Crippen molar-refractivity contribution >= 4 is 12.1 Å². The molecule has 24 heavy (non-hydrogen) atoms. The topological polar surface area (TPSA) is 74.3 Å². The fraction of sp³-hybridized carbons (Fsp3) is 0.882. The third-order valence-corrected chi connectivity index (χ3v) is 3.45. The number of hydrogen-bond donors (Lipinski definition) is 0. The van der Waals surface area contributed by atoms with Crippen LogP contribution in [0.25, 0.3) is 0 Å². The van der Waals surface area contributed by atoms with Crippen LogP contribution in [0.5, 0.6) is 0 Å². The first kappa shape index (κ1) is 20.7. The van der Waals surface area contributed by atoms with Gasteiger partial charge in [-0.05, 0) is 41.5 Å². The lowest BCUT2D eigenvalue weighted by atomic mass is 9.91. The van der Waals surface area contributed by atoms with Crippen molar-refractivity contribution in [2.24, 2.45) is 0 Å². The van der Waals surface area contributed by atoms with Crippen molar-refractivity contribution in [2.45, 2.75) is 71.2 Å². The predicted molar refractivity (Wildman–Crippen MR) is 88.6 cm³/mol. The largest absolute Gasteiger partial charge is 0.458 e. The van der Waals surface area contributed by atoms with Crippen molar-refractivity contribution in [3.05, 3.63) is 0 Å². The summed E-state index contributed by atoms with van der Waals surface area (Å²) in [5, 5.41) is 0. The molecule has 0 N–H and O–H groups in total. The highest BCUT2D eigenvalue weighted by molar-refractivity contribution is 5.80.